The van der Waals surface area contributed by atoms with Gasteiger partial charge in [-0.25, -0.2) is 4.39 Å². The fraction of sp³-hybridized carbons (Fsp3) is 0.250. The zero-order valence-electron chi connectivity index (χ0n) is 11.3. The first kappa shape index (κ1) is 14.8. The Kier molecular flexibility index (Phi) is 4.20. The Morgan fingerprint density at radius 3 is 2.81 bits per heavy atom. The molecule has 0 amide bonds. The van der Waals surface area contributed by atoms with Gasteiger partial charge in [-0.15, -0.1) is 0 Å². The lowest BCUT2D eigenvalue weighted by molar-refractivity contribution is 0.621. The number of hydrogen-bond donors (Lipinski definition) is 1. The number of benzene rings is 2. The molecule has 0 aliphatic carbocycles. The SMILES string of the molecule is NCC(c1ccc(Cl)c(Br)c1)N1CCc2ccc(F)cc21. The number of halogens is 3. The van der Waals surface area contributed by atoms with E-state index < -0.39 is 0 Å². The Morgan fingerprint density at radius 1 is 1.29 bits per heavy atom. The molecule has 0 spiro atoms. The lowest BCUT2D eigenvalue weighted by atomic mass is 10.1. The van der Waals surface area contributed by atoms with Gasteiger partial charge in [-0.1, -0.05) is 23.7 Å². The molecule has 0 saturated carbocycles. The van der Waals surface area contributed by atoms with Gasteiger partial charge in [0.1, 0.15) is 5.82 Å². The average Bonchev–Trinajstić information content (AvgIpc) is 2.87. The van der Waals surface area contributed by atoms with Crippen LogP contribution in [0.25, 0.3) is 0 Å². The number of nitrogens with zero attached hydrogens (tertiary/aromatic N) is 1. The van der Waals surface area contributed by atoms with Crippen molar-refractivity contribution in [1.29, 1.82) is 0 Å². The van der Waals surface area contributed by atoms with E-state index in [2.05, 4.69) is 20.8 Å². The van der Waals surface area contributed by atoms with Crippen LogP contribution in [-0.4, -0.2) is 13.1 Å². The molecule has 2 aromatic rings. The predicted octanol–water partition coefficient (Wildman–Crippen LogP) is 4.30. The summed E-state index contributed by atoms with van der Waals surface area (Å²) in [7, 11) is 0. The van der Waals surface area contributed by atoms with Gasteiger partial charge in [0.25, 0.3) is 0 Å². The van der Waals surface area contributed by atoms with Crippen LogP contribution in [0.1, 0.15) is 17.2 Å². The molecule has 0 saturated heterocycles. The number of hydrogen-bond acceptors (Lipinski definition) is 2. The summed E-state index contributed by atoms with van der Waals surface area (Å²) in [5, 5.41) is 0.669. The molecule has 1 unspecified atom stereocenters. The van der Waals surface area contributed by atoms with Crippen molar-refractivity contribution in [3.8, 4) is 0 Å². The number of fused-ring (bicyclic) bond motifs is 1. The zero-order valence-corrected chi connectivity index (χ0v) is 13.7. The maximum absolute atomic E-state index is 13.5. The highest BCUT2D eigenvalue weighted by Crippen LogP contribution is 2.36. The first-order valence-corrected chi connectivity index (χ1v) is 7.97. The van der Waals surface area contributed by atoms with Crippen LogP contribution in [0.15, 0.2) is 40.9 Å². The van der Waals surface area contributed by atoms with Crippen LogP contribution in [0.2, 0.25) is 5.02 Å². The summed E-state index contributed by atoms with van der Waals surface area (Å²) in [6.07, 6.45) is 0.918. The second kappa shape index (κ2) is 5.95. The topological polar surface area (TPSA) is 29.3 Å². The van der Waals surface area contributed by atoms with Gasteiger partial charge in [0, 0.05) is 23.2 Å². The second-order valence-corrected chi connectivity index (χ2v) is 6.40. The van der Waals surface area contributed by atoms with E-state index in [1.807, 2.05) is 24.3 Å². The van der Waals surface area contributed by atoms with E-state index in [0.717, 1.165) is 28.7 Å². The monoisotopic (exact) mass is 368 g/mol. The minimum absolute atomic E-state index is 0.0154. The molecule has 1 aliphatic rings. The first-order valence-electron chi connectivity index (χ1n) is 6.80. The van der Waals surface area contributed by atoms with Crippen LogP contribution in [0.3, 0.4) is 0 Å². The average molecular weight is 370 g/mol. The highest BCUT2D eigenvalue weighted by molar-refractivity contribution is 9.10. The quantitative estimate of drug-likeness (QED) is 0.874. The minimum atomic E-state index is -0.214. The van der Waals surface area contributed by atoms with E-state index in [1.165, 1.54) is 11.6 Å². The molecule has 1 atom stereocenters. The van der Waals surface area contributed by atoms with Crippen LogP contribution in [0.5, 0.6) is 0 Å². The molecule has 21 heavy (non-hydrogen) atoms. The number of nitrogens with two attached hydrogens (primary N) is 1. The Bertz CT molecular complexity index is 677. The summed E-state index contributed by atoms with van der Waals surface area (Å²) in [5.41, 5.74) is 9.17. The molecule has 0 bridgehead atoms. The van der Waals surface area contributed by atoms with Crippen molar-refractivity contribution in [2.24, 2.45) is 5.73 Å². The van der Waals surface area contributed by atoms with E-state index in [0.29, 0.717) is 11.6 Å². The Labute approximate surface area is 136 Å². The molecule has 0 fully saturated rings. The summed E-state index contributed by atoms with van der Waals surface area (Å²) in [5.74, 6) is -0.214. The van der Waals surface area contributed by atoms with E-state index >= 15 is 0 Å². The normalized spacial score (nSPS) is 15.1. The molecule has 1 heterocycles. The molecule has 0 aromatic heterocycles. The largest absolute Gasteiger partial charge is 0.363 e. The summed E-state index contributed by atoms with van der Waals surface area (Å²) in [4.78, 5) is 2.17. The molecular weight excluding hydrogens is 355 g/mol. The Hall–Kier alpha value is -1.10. The molecule has 2 aromatic carbocycles. The van der Waals surface area contributed by atoms with E-state index in [-0.39, 0.29) is 11.9 Å². The van der Waals surface area contributed by atoms with E-state index in [1.54, 1.807) is 6.07 Å². The summed E-state index contributed by atoms with van der Waals surface area (Å²) in [6.45, 7) is 1.31. The van der Waals surface area contributed by atoms with Crippen LogP contribution < -0.4 is 10.6 Å². The minimum Gasteiger partial charge on any atom is -0.363 e. The fourth-order valence-electron chi connectivity index (χ4n) is 2.86. The van der Waals surface area contributed by atoms with Crippen molar-refractivity contribution < 1.29 is 4.39 Å². The Morgan fingerprint density at radius 2 is 2.10 bits per heavy atom. The van der Waals surface area contributed by atoms with Crippen LogP contribution in [-0.2, 0) is 6.42 Å². The van der Waals surface area contributed by atoms with Gasteiger partial charge < -0.3 is 10.6 Å². The third-order valence-corrected chi connectivity index (χ3v) is 5.12. The van der Waals surface area contributed by atoms with E-state index in [9.17, 15) is 4.39 Å². The van der Waals surface area contributed by atoms with Crippen molar-refractivity contribution in [1.82, 2.24) is 0 Å². The third-order valence-electron chi connectivity index (χ3n) is 3.91. The van der Waals surface area contributed by atoms with Gasteiger partial charge in [-0.2, -0.15) is 0 Å². The molecule has 1 aliphatic heterocycles. The Balaban J connectivity index is 1.98. The molecule has 2 nitrogen and oxygen atoms in total. The predicted molar refractivity (Wildman–Crippen MR) is 88.4 cm³/mol. The molecule has 3 rings (SSSR count). The maximum Gasteiger partial charge on any atom is 0.125 e. The molecule has 5 heteroatoms. The first-order chi connectivity index (χ1) is 10.1. The zero-order chi connectivity index (χ0) is 15.0. The number of anilines is 1. The van der Waals surface area contributed by atoms with Gasteiger partial charge in [0.2, 0.25) is 0 Å². The lowest BCUT2D eigenvalue weighted by Gasteiger charge is -2.30. The van der Waals surface area contributed by atoms with Gasteiger partial charge in [-0.3, -0.25) is 0 Å². The molecule has 2 N–H and O–H groups in total. The van der Waals surface area contributed by atoms with Crippen LogP contribution >= 0.6 is 27.5 Å². The smallest absolute Gasteiger partial charge is 0.125 e. The maximum atomic E-state index is 13.5. The van der Waals surface area contributed by atoms with Gasteiger partial charge in [0.05, 0.1) is 11.1 Å². The third kappa shape index (κ3) is 2.80. The van der Waals surface area contributed by atoms with Crippen molar-refractivity contribution >= 4 is 33.2 Å². The number of rotatable bonds is 3. The molecule has 0 radical (unpaired) electrons. The molecule has 110 valence electrons. The highest BCUT2D eigenvalue weighted by atomic mass is 79.9. The highest BCUT2D eigenvalue weighted by Gasteiger charge is 2.27. The second-order valence-electron chi connectivity index (χ2n) is 5.14. The fourth-order valence-corrected chi connectivity index (χ4v) is 3.38. The van der Waals surface area contributed by atoms with Crippen molar-refractivity contribution in [3.05, 3.63) is 62.8 Å². The van der Waals surface area contributed by atoms with Crippen molar-refractivity contribution in [2.75, 3.05) is 18.0 Å². The summed E-state index contributed by atoms with van der Waals surface area (Å²) in [6, 6.07) is 10.8. The van der Waals surface area contributed by atoms with E-state index in [4.69, 9.17) is 17.3 Å². The van der Waals surface area contributed by atoms with Gasteiger partial charge in [0.15, 0.2) is 0 Å². The standard InChI is InChI=1S/C16H15BrClFN2/c17-13-7-11(2-4-14(13)18)16(9-20)21-6-5-10-1-3-12(19)8-15(10)21/h1-4,7-8,16H,5-6,9,20H2. The molecular formula is C16H15BrClFN2. The lowest BCUT2D eigenvalue weighted by Crippen LogP contribution is -2.32. The summed E-state index contributed by atoms with van der Waals surface area (Å²) < 4.78 is 14.4. The van der Waals surface area contributed by atoms with Gasteiger partial charge >= 0.3 is 0 Å². The van der Waals surface area contributed by atoms with Crippen LogP contribution in [0.4, 0.5) is 10.1 Å². The summed E-state index contributed by atoms with van der Waals surface area (Å²) >= 11 is 9.49. The van der Waals surface area contributed by atoms with Crippen molar-refractivity contribution in [3.63, 3.8) is 0 Å². The van der Waals surface area contributed by atoms with Gasteiger partial charge in [-0.05, 0) is 57.7 Å². The van der Waals surface area contributed by atoms with Crippen LogP contribution in [0, 0.1) is 5.82 Å². The van der Waals surface area contributed by atoms with Crippen molar-refractivity contribution in [2.45, 2.75) is 12.5 Å².